The van der Waals surface area contributed by atoms with Gasteiger partial charge in [0.2, 0.25) is 5.91 Å². The van der Waals surface area contributed by atoms with E-state index in [2.05, 4.69) is 29.6 Å². The second-order valence-corrected chi connectivity index (χ2v) is 6.80. The molecule has 4 rings (SSSR count). The van der Waals surface area contributed by atoms with Crippen molar-refractivity contribution >= 4 is 11.6 Å². The highest BCUT2D eigenvalue weighted by molar-refractivity contribution is 5.80. The molecule has 0 heterocycles. The van der Waals surface area contributed by atoms with Crippen LogP contribution in [0.5, 0.6) is 0 Å². The highest BCUT2D eigenvalue weighted by Crippen LogP contribution is 2.44. The van der Waals surface area contributed by atoms with Crippen LogP contribution < -0.4 is 11.1 Å². The van der Waals surface area contributed by atoms with Gasteiger partial charge in [0.15, 0.2) is 0 Å². The lowest BCUT2D eigenvalue weighted by atomic mass is 9.86. The number of carbonyl (C=O) groups is 1. The maximum absolute atomic E-state index is 12.6. The Bertz CT molecular complexity index is 607. The number of allylic oxidation sites excluding steroid dienone is 2. The fourth-order valence-electron chi connectivity index (χ4n) is 4.35. The highest BCUT2D eigenvalue weighted by Gasteiger charge is 2.40. The molecule has 3 N–H and O–H groups in total. The summed E-state index contributed by atoms with van der Waals surface area (Å²) in [5.41, 5.74) is 9.26. The van der Waals surface area contributed by atoms with Crippen molar-refractivity contribution in [3.8, 4) is 0 Å². The number of hydrogen-bond acceptors (Lipinski definition) is 2. The van der Waals surface area contributed by atoms with Gasteiger partial charge in [0.05, 0.1) is 6.04 Å². The molecule has 21 heavy (non-hydrogen) atoms. The normalized spacial score (nSPS) is 33.0. The molecule has 3 aliphatic rings. The summed E-state index contributed by atoms with van der Waals surface area (Å²) in [5.74, 6) is 1.56. The van der Waals surface area contributed by atoms with Crippen LogP contribution in [0.2, 0.25) is 0 Å². The molecule has 2 bridgehead atoms. The third-order valence-electron chi connectivity index (χ3n) is 5.41. The molecule has 110 valence electrons. The van der Waals surface area contributed by atoms with Crippen molar-refractivity contribution in [3.63, 3.8) is 0 Å². The van der Waals surface area contributed by atoms with Gasteiger partial charge in [0.1, 0.15) is 0 Å². The molecule has 1 aromatic carbocycles. The number of rotatable bonds is 2. The molecule has 0 radical (unpaired) electrons. The van der Waals surface area contributed by atoms with Crippen molar-refractivity contribution in [2.75, 3.05) is 5.73 Å². The summed E-state index contributed by atoms with van der Waals surface area (Å²) in [7, 11) is 0. The molecule has 4 unspecified atom stereocenters. The zero-order valence-corrected chi connectivity index (χ0v) is 12.2. The number of amides is 1. The fraction of sp³-hybridized carbons (Fsp3) is 0.500. The van der Waals surface area contributed by atoms with E-state index >= 15 is 0 Å². The van der Waals surface area contributed by atoms with Crippen LogP contribution in [0.1, 0.15) is 42.9 Å². The van der Waals surface area contributed by atoms with Crippen LogP contribution in [0.4, 0.5) is 5.69 Å². The number of fused-ring (bicyclic) bond motifs is 3. The van der Waals surface area contributed by atoms with E-state index < -0.39 is 0 Å². The third-order valence-corrected chi connectivity index (χ3v) is 5.41. The molecule has 0 spiro atoms. The molecule has 1 amide bonds. The van der Waals surface area contributed by atoms with Crippen LogP contribution in [0, 0.1) is 17.8 Å². The van der Waals surface area contributed by atoms with Crippen LogP contribution >= 0.6 is 0 Å². The molecular formula is C18H22N2O. The molecular weight excluding hydrogens is 260 g/mol. The molecule has 4 atom stereocenters. The van der Waals surface area contributed by atoms with Gasteiger partial charge < -0.3 is 11.1 Å². The number of nitrogens with one attached hydrogen (secondary N) is 1. The predicted molar refractivity (Wildman–Crippen MR) is 83.5 cm³/mol. The lowest BCUT2D eigenvalue weighted by Gasteiger charge is -2.29. The van der Waals surface area contributed by atoms with E-state index in [4.69, 9.17) is 5.73 Å². The van der Waals surface area contributed by atoms with E-state index in [0.29, 0.717) is 11.8 Å². The van der Waals surface area contributed by atoms with Crippen LogP contribution in [-0.4, -0.2) is 5.91 Å². The number of hydrogen-bond donors (Lipinski definition) is 2. The van der Waals surface area contributed by atoms with E-state index in [1.54, 1.807) is 0 Å². The van der Waals surface area contributed by atoms with Crippen LogP contribution in [0.15, 0.2) is 30.4 Å². The van der Waals surface area contributed by atoms with E-state index in [0.717, 1.165) is 31.4 Å². The molecule has 1 aromatic rings. The lowest BCUT2D eigenvalue weighted by molar-refractivity contribution is -0.126. The molecule has 0 saturated heterocycles. The Morgan fingerprint density at radius 2 is 2.14 bits per heavy atom. The van der Waals surface area contributed by atoms with E-state index in [-0.39, 0.29) is 17.9 Å². The van der Waals surface area contributed by atoms with Gasteiger partial charge >= 0.3 is 0 Å². The summed E-state index contributed by atoms with van der Waals surface area (Å²) < 4.78 is 0. The molecule has 1 fully saturated rings. The Morgan fingerprint density at radius 1 is 1.24 bits per heavy atom. The number of nitrogen functional groups attached to an aromatic ring is 1. The third kappa shape index (κ3) is 2.25. The summed E-state index contributed by atoms with van der Waals surface area (Å²) >= 11 is 0. The quantitative estimate of drug-likeness (QED) is 0.647. The van der Waals surface area contributed by atoms with Crippen molar-refractivity contribution in [2.24, 2.45) is 17.8 Å². The summed E-state index contributed by atoms with van der Waals surface area (Å²) in [5, 5.41) is 3.31. The Kier molecular flexibility index (Phi) is 3.02. The average molecular weight is 282 g/mol. The Labute approximate surface area is 125 Å². The van der Waals surface area contributed by atoms with Crippen LogP contribution in [0.25, 0.3) is 0 Å². The largest absolute Gasteiger partial charge is 0.399 e. The van der Waals surface area contributed by atoms with Gasteiger partial charge in [-0.2, -0.15) is 0 Å². The number of carbonyl (C=O) groups excluding carboxylic acids is 1. The van der Waals surface area contributed by atoms with E-state index in [1.807, 2.05) is 6.07 Å². The van der Waals surface area contributed by atoms with Gasteiger partial charge in [0.25, 0.3) is 0 Å². The first-order valence-electron chi connectivity index (χ1n) is 8.07. The smallest absolute Gasteiger partial charge is 0.224 e. The molecule has 1 saturated carbocycles. The van der Waals surface area contributed by atoms with E-state index in [1.165, 1.54) is 17.5 Å². The maximum atomic E-state index is 12.6. The first kappa shape index (κ1) is 12.9. The minimum atomic E-state index is 0.171. The first-order chi connectivity index (χ1) is 10.2. The van der Waals surface area contributed by atoms with Crippen molar-refractivity contribution in [1.82, 2.24) is 5.32 Å². The SMILES string of the molecule is Nc1ccc2c(c1)CCCC2NC(=O)C1CC2C=CC1C2. The molecule has 0 aliphatic heterocycles. The highest BCUT2D eigenvalue weighted by atomic mass is 16.2. The topological polar surface area (TPSA) is 55.1 Å². The molecule has 3 heteroatoms. The van der Waals surface area contributed by atoms with Crippen molar-refractivity contribution in [1.29, 1.82) is 0 Å². The van der Waals surface area contributed by atoms with Gasteiger partial charge in [-0.1, -0.05) is 18.2 Å². The first-order valence-corrected chi connectivity index (χ1v) is 8.07. The molecule has 3 nitrogen and oxygen atoms in total. The predicted octanol–water partition coefficient (Wildman–Crippen LogP) is 2.97. The zero-order chi connectivity index (χ0) is 14.4. The molecule has 0 aromatic heterocycles. The van der Waals surface area contributed by atoms with Crippen LogP contribution in [0.3, 0.4) is 0 Å². The Hall–Kier alpha value is -1.77. The minimum absolute atomic E-state index is 0.171. The summed E-state index contributed by atoms with van der Waals surface area (Å²) in [4.78, 5) is 12.6. The van der Waals surface area contributed by atoms with E-state index in [9.17, 15) is 4.79 Å². The lowest BCUT2D eigenvalue weighted by Crippen LogP contribution is -2.37. The number of aryl methyl sites for hydroxylation is 1. The minimum Gasteiger partial charge on any atom is -0.399 e. The van der Waals surface area contributed by atoms with Crippen molar-refractivity contribution in [3.05, 3.63) is 41.5 Å². The van der Waals surface area contributed by atoms with Crippen molar-refractivity contribution in [2.45, 2.75) is 38.1 Å². The zero-order valence-electron chi connectivity index (χ0n) is 12.2. The molecule has 3 aliphatic carbocycles. The summed E-state index contributed by atoms with van der Waals surface area (Å²) in [6, 6.07) is 6.28. The standard InChI is InChI=1S/C18H22N2O/c19-14-6-7-15-12(10-14)2-1-3-17(15)20-18(21)16-9-11-4-5-13(16)8-11/h4-7,10-11,13,16-17H,1-3,8-9,19H2,(H,20,21). The average Bonchev–Trinajstić information content (AvgIpc) is 3.10. The fourth-order valence-corrected chi connectivity index (χ4v) is 4.35. The summed E-state index contributed by atoms with van der Waals surface area (Å²) in [6.45, 7) is 0. The summed E-state index contributed by atoms with van der Waals surface area (Å²) in [6.07, 6.45) is 9.98. The number of benzene rings is 1. The number of anilines is 1. The van der Waals surface area contributed by atoms with Gasteiger partial charge in [-0.25, -0.2) is 0 Å². The van der Waals surface area contributed by atoms with Crippen LogP contribution in [-0.2, 0) is 11.2 Å². The monoisotopic (exact) mass is 282 g/mol. The Morgan fingerprint density at radius 3 is 2.90 bits per heavy atom. The Balaban J connectivity index is 1.51. The second kappa shape index (κ2) is 4.90. The second-order valence-electron chi connectivity index (χ2n) is 6.80. The van der Waals surface area contributed by atoms with Gasteiger partial charge in [-0.05, 0) is 67.2 Å². The van der Waals surface area contributed by atoms with Crippen molar-refractivity contribution < 1.29 is 4.79 Å². The van der Waals surface area contributed by atoms with Gasteiger partial charge in [-0.3, -0.25) is 4.79 Å². The van der Waals surface area contributed by atoms with Gasteiger partial charge in [0, 0.05) is 11.6 Å². The maximum Gasteiger partial charge on any atom is 0.224 e. The number of nitrogens with two attached hydrogens (primary N) is 1. The van der Waals surface area contributed by atoms with Gasteiger partial charge in [-0.15, -0.1) is 0 Å².